The SMILES string of the molecule is CC(=O)N[C@H]1[C@H](OCCCCCCCCCNC(=O)CCO[C@@H]2[C@H](OCCC(=O)NCCCCCCCCCO[C@@H]3O[C@H](COC(C)=O)[C@H](OC(C)=O)[C@H](OC(C)=O)[C@H]3NC(C)=O)C=C(C(=O)NCCCCCCNC(=O)OCc3ccccc3)C[C@H]2OCCC(=O)NCCCCCCCCCO[C@@H]2O[C@H](COC(C)=O)[C@H](OC(C)=O)[C@H](OC(C)=O)[C@H]2NC(C)=O)O[C@H](COC(C)=O)[C@H](OC(C)=O)[C@@H]1OC(C)=O. The molecular weight excluding hydrogens is 1880 g/mol. The molecule has 1 aromatic rings. The summed E-state index contributed by atoms with van der Waals surface area (Å²) < 4.78 is 110. The first kappa shape index (κ1) is 123. The highest BCUT2D eigenvalue weighted by Gasteiger charge is 2.55. The summed E-state index contributed by atoms with van der Waals surface area (Å²) in [6.45, 7) is 15.5. The summed E-state index contributed by atoms with van der Waals surface area (Å²) >= 11 is 0. The number of amides is 8. The molecule has 1 aliphatic carbocycles. The molecule has 4 aliphatic rings. The molecule has 0 unspecified atom stereocenters. The maximum absolute atomic E-state index is 14.3. The van der Waals surface area contributed by atoms with Crippen molar-refractivity contribution in [1.82, 2.24) is 42.5 Å². The van der Waals surface area contributed by atoms with Gasteiger partial charge in [-0.05, 0) is 63.0 Å². The minimum absolute atomic E-state index is 0.0360. The molecule has 0 spiro atoms. The van der Waals surface area contributed by atoms with E-state index < -0.39 is 188 Å². The first-order chi connectivity index (χ1) is 68.5. The van der Waals surface area contributed by atoms with Gasteiger partial charge in [0.25, 0.3) is 0 Å². The van der Waals surface area contributed by atoms with Crippen molar-refractivity contribution in [3.8, 4) is 0 Å². The van der Waals surface area contributed by atoms with Gasteiger partial charge in [-0.15, -0.1) is 0 Å². The Morgan fingerprint density at radius 2 is 0.587 bits per heavy atom. The second-order valence-electron chi connectivity index (χ2n) is 35.6. The van der Waals surface area contributed by atoms with Crippen molar-refractivity contribution < 1.29 is 172 Å². The minimum Gasteiger partial charge on any atom is -0.463 e. The fourth-order valence-electron chi connectivity index (χ4n) is 16.5. The Balaban J connectivity index is 1.18. The summed E-state index contributed by atoms with van der Waals surface area (Å²) in [5.41, 5.74) is 1.19. The van der Waals surface area contributed by atoms with Crippen LogP contribution in [0.25, 0.3) is 0 Å². The van der Waals surface area contributed by atoms with Gasteiger partial charge in [-0.25, -0.2) is 4.79 Å². The van der Waals surface area contributed by atoms with Crippen LogP contribution in [0.2, 0.25) is 0 Å². The first-order valence-corrected chi connectivity index (χ1v) is 50.1. The lowest BCUT2D eigenvalue weighted by Crippen LogP contribution is -2.66. The monoisotopic (exact) mass is 2030 g/mol. The number of rotatable bonds is 70. The van der Waals surface area contributed by atoms with Crippen molar-refractivity contribution in [2.75, 3.05) is 92.2 Å². The van der Waals surface area contributed by atoms with E-state index in [0.717, 1.165) is 156 Å². The molecule has 808 valence electrons. The molecule has 44 nitrogen and oxygen atoms in total. The number of alkyl carbamates (subject to hydrolysis) is 1. The van der Waals surface area contributed by atoms with Crippen LogP contribution in [0.5, 0.6) is 0 Å². The van der Waals surface area contributed by atoms with Crippen LogP contribution in [0, 0.1) is 0 Å². The lowest BCUT2D eigenvalue weighted by atomic mass is 9.91. The van der Waals surface area contributed by atoms with Crippen LogP contribution in [0.3, 0.4) is 0 Å². The Bertz CT molecular complexity index is 4110. The second-order valence-corrected chi connectivity index (χ2v) is 35.6. The smallest absolute Gasteiger partial charge is 0.407 e. The fraction of sp³-hybridized carbons (Fsp3) is 0.747. The molecule has 0 aromatic heterocycles. The van der Waals surface area contributed by atoms with Crippen molar-refractivity contribution in [3.05, 3.63) is 47.5 Å². The predicted octanol–water partition coefficient (Wildman–Crippen LogP) is 6.80. The first-order valence-electron chi connectivity index (χ1n) is 50.1. The van der Waals surface area contributed by atoms with Gasteiger partial charge in [0.2, 0.25) is 41.4 Å². The molecule has 3 saturated heterocycles. The van der Waals surface area contributed by atoms with Gasteiger partial charge >= 0.3 is 59.8 Å². The summed E-state index contributed by atoms with van der Waals surface area (Å²) in [4.78, 5) is 213. The number of benzene rings is 1. The number of ether oxygens (including phenoxy) is 19. The fourth-order valence-corrected chi connectivity index (χ4v) is 16.5. The van der Waals surface area contributed by atoms with Crippen LogP contribution in [-0.2, 0) is 173 Å². The second kappa shape index (κ2) is 71.0. The lowest BCUT2D eigenvalue weighted by Gasteiger charge is -2.44. The Labute approximate surface area is 837 Å². The normalized spacial score (nSPS) is 22.8. The maximum Gasteiger partial charge on any atom is 0.407 e. The van der Waals surface area contributed by atoms with Crippen LogP contribution in [0.1, 0.15) is 275 Å². The van der Waals surface area contributed by atoms with E-state index in [1.54, 1.807) is 6.08 Å². The number of unbranched alkanes of at least 4 members (excludes halogenated alkanes) is 21. The zero-order chi connectivity index (χ0) is 105. The highest BCUT2D eigenvalue weighted by atomic mass is 16.7. The van der Waals surface area contributed by atoms with Gasteiger partial charge in [0.05, 0.1) is 25.9 Å². The quantitative estimate of drug-likeness (QED) is 0.0189. The molecule has 3 aliphatic heterocycles. The minimum atomic E-state index is -1.25. The molecule has 0 radical (unpaired) electrons. The van der Waals surface area contributed by atoms with Gasteiger partial charge in [0.15, 0.2) is 55.5 Å². The third-order valence-corrected chi connectivity index (χ3v) is 23.1. The van der Waals surface area contributed by atoms with Crippen molar-refractivity contribution >= 4 is 101 Å². The number of carbonyl (C=O) groups excluding carboxylic acids is 17. The lowest BCUT2D eigenvalue weighted by molar-refractivity contribution is -0.277. The molecule has 3 fully saturated rings. The number of esters is 9. The average molecular weight is 2030 g/mol. The molecule has 1 aromatic carbocycles. The van der Waals surface area contributed by atoms with E-state index >= 15 is 0 Å². The van der Waals surface area contributed by atoms with E-state index in [1.165, 1.54) is 41.5 Å². The predicted molar refractivity (Wildman–Crippen MR) is 508 cm³/mol. The van der Waals surface area contributed by atoms with Gasteiger partial charge in [0.1, 0.15) is 75.1 Å². The number of hydrogen-bond acceptors (Lipinski definition) is 36. The Morgan fingerprint density at radius 3 is 0.909 bits per heavy atom. The maximum atomic E-state index is 14.3. The van der Waals surface area contributed by atoms with E-state index in [1.807, 2.05) is 30.3 Å². The van der Waals surface area contributed by atoms with Crippen LogP contribution in [0.4, 0.5) is 4.79 Å². The molecule has 0 bridgehead atoms. The van der Waals surface area contributed by atoms with Gasteiger partial charge in [-0.2, -0.15) is 0 Å². The number of carbonyl (C=O) groups is 17. The third-order valence-electron chi connectivity index (χ3n) is 23.1. The summed E-state index contributed by atoms with van der Waals surface area (Å²) in [5.74, 6) is -8.94. The molecule has 18 atom stereocenters. The summed E-state index contributed by atoms with van der Waals surface area (Å²) in [6.07, 6.45) is 3.01. The Morgan fingerprint density at radius 1 is 0.294 bits per heavy atom. The summed E-state index contributed by atoms with van der Waals surface area (Å²) in [5, 5.41) is 22.8. The molecule has 0 saturated carbocycles. The number of nitrogens with one attached hydrogen (secondary N) is 8. The van der Waals surface area contributed by atoms with E-state index in [-0.39, 0.29) is 115 Å². The molecule has 8 N–H and O–H groups in total. The topological polar surface area (TPSA) is 562 Å². The summed E-state index contributed by atoms with van der Waals surface area (Å²) in [7, 11) is 0. The van der Waals surface area contributed by atoms with E-state index in [2.05, 4.69) is 42.5 Å². The van der Waals surface area contributed by atoms with Crippen LogP contribution in [0.15, 0.2) is 42.0 Å². The van der Waals surface area contributed by atoms with Gasteiger partial charge < -0.3 is 133 Å². The molecule has 143 heavy (non-hydrogen) atoms. The zero-order valence-electron chi connectivity index (χ0n) is 85.2. The summed E-state index contributed by atoms with van der Waals surface area (Å²) in [6, 6.07) is 6.08. The van der Waals surface area contributed by atoms with E-state index in [9.17, 15) is 81.5 Å². The van der Waals surface area contributed by atoms with E-state index in [0.29, 0.717) is 89.7 Å². The zero-order valence-corrected chi connectivity index (χ0v) is 85.2. The molecule has 44 heteroatoms. The molecule has 5 rings (SSSR count). The highest BCUT2D eigenvalue weighted by Crippen LogP contribution is 2.34. The standard InChI is InChI=1S/C99H156N8O36/c1-63(108)105-85-92(138-72(10)117)89(135-69(7)114)79(60-131-66(4)111)141-96(85)128-51-38-27-19-13-16-22-33-46-100-82(120)43-54-125-77-57-76(95(123)103-49-36-25-26-37-50-104-99(124)134-59-75-41-31-30-32-42-75)58-78(126-55-44-83(121)101-47-34-23-17-14-20-28-39-52-129-97-86(106-64(2)109)93(139-73(11)118)90(136-70(8)115)80(142-97)61-132-67(5)112)88(77)127-56-45-84(122)102-48-35-24-18-15-21-29-40-53-130-98-87(107-65(3)110)94(140-74(12)119)91(137-71(9)116)81(143-98)62-133-68(6)113/h30-32,41-42,57,77-81,85-94,96-98H,13-29,33-40,43-56,58-62H2,1-12H3,(H,100,120)(H,101,121)(H,102,122)(H,103,123)(H,104,124)(H,105,108)(H,106,109)(H,107,110)/t77-,78-,79-,80-,81-,85-,86-,87-,88-,89+,90+,91+,92-,93-,94-,96-,97-,98-/m1/s1. The third kappa shape index (κ3) is 52.7. The van der Waals surface area contributed by atoms with Crippen molar-refractivity contribution in [2.24, 2.45) is 0 Å². The average Bonchev–Trinajstić information content (AvgIpc) is 0.952. The van der Waals surface area contributed by atoms with Gasteiger partial charge in [-0.3, -0.25) is 76.7 Å². The van der Waals surface area contributed by atoms with E-state index in [4.69, 9.17) is 90.0 Å². The Hall–Kier alpha value is -10.6. The van der Waals surface area contributed by atoms with Crippen LogP contribution >= 0.6 is 0 Å². The number of hydrogen-bond donors (Lipinski definition) is 8. The van der Waals surface area contributed by atoms with Crippen molar-refractivity contribution in [1.29, 1.82) is 0 Å². The van der Waals surface area contributed by atoms with Gasteiger partial charge in [0, 0.05) is 167 Å². The largest absolute Gasteiger partial charge is 0.463 e. The van der Waals surface area contributed by atoms with Crippen LogP contribution < -0.4 is 42.5 Å². The van der Waals surface area contributed by atoms with Gasteiger partial charge in [-0.1, -0.05) is 139 Å². The van der Waals surface area contributed by atoms with Crippen molar-refractivity contribution in [3.63, 3.8) is 0 Å². The van der Waals surface area contributed by atoms with Crippen LogP contribution in [-0.4, -0.2) is 304 Å². The highest BCUT2D eigenvalue weighted by molar-refractivity contribution is 5.94. The Kier molecular flexibility index (Phi) is 61.0. The molecule has 3 heterocycles. The molecular formula is C99H156N8O36. The molecule has 8 amide bonds. The van der Waals surface area contributed by atoms with Crippen molar-refractivity contribution in [2.45, 2.75) is 386 Å².